The summed E-state index contributed by atoms with van der Waals surface area (Å²) in [4.78, 5) is 11.3. The molecule has 0 aliphatic rings. The van der Waals surface area contributed by atoms with Crippen molar-refractivity contribution in [1.29, 1.82) is 0 Å². The van der Waals surface area contributed by atoms with Crippen LogP contribution in [0, 0.1) is 6.92 Å². The van der Waals surface area contributed by atoms with Crippen molar-refractivity contribution in [3.8, 4) is 0 Å². The molecule has 1 aromatic heterocycles. The molecule has 1 atom stereocenters. The number of aromatic nitrogens is 2. The molecular weight excluding hydrogens is 242 g/mol. The van der Waals surface area contributed by atoms with E-state index in [9.17, 15) is 9.90 Å². The van der Waals surface area contributed by atoms with Crippen molar-refractivity contribution in [1.82, 2.24) is 15.1 Å². The highest BCUT2D eigenvalue weighted by molar-refractivity contribution is 5.75. The van der Waals surface area contributed by atoms with Gasteiger partial charge in [0, 0.05) is 25.4 Å². The Morgan fingerprint density at radius 1 is 1.42 bits per heavy atom. The summed E-state index contributed by atoms with van der Waals surface area (Å²) in [7, 11) is 1.85. The molecular formula is C14H17N3O2. The molecule has 100 valence electrons. The average Bonchev–Trinajstić information content (AvgIpc) is 2.69. The number of nitrogens with zero attached hydrogens (tertiary/aromatic N) is 2. The van der Waals surface area contributed by atoms with Crippen LogP contribution in [0.1, 0.15) is 22.9 Å². The second-order valence-corrected chi connectivity index (χ2v) is 4.48. The Morgan fingerprint density at radius 2 is 2.11 bits per heavy atom. The lowest BCUT2D eigenvalue weighted by Crippen LogP contribution is -2.28. The lowest BCUT2D eigenvalue weighted by atomic mass is 10.1. The average molecular weight is 259 g/mol. The van der Waals surface area contributed by atoms with Crippen molar-refractivity contribution in [3.05, 3.63) is 53.3 Å². The number of carbonyl (C=O) groups is 1. The maximum absolute atomic E-state index is 11.3. The Morgan fingerprint density at radius 3 is 2.63 bits per heavy atom. The van der Waals surface area contributed by atoms with Crippen molar-refractivity contribution >= 4 is 5.97 Å². The van der Waals surface area contributed by atoms with Crippen LogP contribution in [0.3, 0.4) is 0 Å². The molecule has 0 fully saturated rings. The van der Waals surface area contributed by atoms with Gasteiger partial charge in [-0.1, -0.05) is 30.3 Å². The van der Waals surface area contributed by atoms with E-state index in [1.807, 2.05) is 50.5 Å². The lowest BCUT2D eigenvalue weighted by molar-refractivity contribution is -0.139. The van der Waals surface area contributed by atoms with Gasteiger partial charge in [-0.15, -0.1) is 0 Å². The normalized spacial score (nSPS) is 12.3. The highest BCUT2D eigenvalue weighted by atomic mass is 16.4. The van der Waals surface area contributed by atoms with Gasteiger partial charge in [0.15, 0.2) is 0 Å². The minimum absolute atomic E-state index is 0.478. The predicted molar refractivity (Wildman–Crippen MR) is 71.6 cm³/mol. The van der Waals surface area contributed by atoms with Crippen LogP contribution in [0.4, 0.5) is 0 Å². The van der Waals surface area contributed by atoms with Gasteiger partial charge in [-0.05, 0) is 12.5 Å². The first-order chi connectivity index (χ1) is 9.08. The Hall–Kier alpha value is -2.14. The van der Waals surface area contributed by atoms with Crippen LogP contribution in [0.5, 0.6) is 0 Å². The SMILES string of the molecule is Cc1nn(C)cc1CN[C@H](C(=O)O)c1ccccc1. The van der Waals surface area contributed by atoms with Gasteiger partial charge in [0.05, 0.1) is 5.69 Å². The minimum atomic E-state index is -0.882. The zero-order valence-electron chi connectivity index (χ0n) is 11.0. The van der Waals surface area contributed by atoms with Crippen LogP contribution >= 0.6 is 0 Å². The summed E-state index contributed by atoms with van der Waals surface area (Å²) in [5, 5.41) is 16.6. The van der Waals surface area contributed by atoms with Crippen molar-refractivity contribution in [2.24, 2.45) is 7.05 Å². The fraction of sp³-hybridized carbons (Fsp3) is 0.286. The zero-order chi connectivity index (χ0) is 13.8. The molecule has 2 rings (SSSR count). The van der Waals surface area contributed by atoms with Crippen molar-refractivity contribution in [3.63, 3.8) is 0 Å². The summed E-state index contributed by atoms with van der Waals surface area (Å²) in [6, 6.07) is 8.45. The van der Waals surface area contributed by atoms with Gasteiger partial charge in [-0.25, -0.2) is 0 Å². The van der Waals surface area contributed by atoms with E-state index in [-0.39, 0.29) is 0 Å². The molecule has 0 unspecified atom stereocenters. The fourth-order valence-corrected chi connectivity index (χ4v) is 2.03. The molecule has 5 heteroatoms. The van der Waals surface area contributed by atoms with E-state index in [1.165, 1.54) is 0 Å². The summed E-state index contributed by atoms with van der Waals surface area (Å²) in [6.45, 7) is 2.39. The third-order valence-electron chi connectivity index (χ3n) is 2.99. The van der Waals surface area contributed by atoms with Crippen LogP contribution < -0.4 is 5.32 Å². The van der Waals surface area contributed by atoms with Crippen molar-refractivity contribution in [2.75, 3.05) is 0 Å². The summed E-state index contributed by atoms with van der Waals surface area (Å²) in [5.41, 5.74) is 2.66. The predicted octanol–water partition coefficient (Wildman–Crippen LogP) is 1.64. The van der Waals surface area contributed by atoms with Crippen LogP contribution in [-0.4, -0.2) is 20.9 Å². The summed E-state index contributed by atoms with van der Waals surface area (Å²) in [6.07, 6.45) is 1.90. The first kappa shape index (κ1) is 13.3. The highest BCUT2D eigenvalue weighted by Gasteiger charge is 2.19. The maximum atomic E-state index is 11.3. The molecule has 1 aromatic carbocycles. The van der Waals surface area contributed by atoms with Crippen LogP contribution in [0.15, 0.2) is 36.5 Å². The van der Waals surface area contributed by atoms with Gasteiger partial charge in [0.1, 0.15) is 6.04 Å². The van der Waals surface area contributed by atoms with Gasteiger partial charge in [-0.2, -0.15) is 5.10 Å². The molecule has 0 radical (unpaired) electrons. The van der Waals surface area contributed by atoms with Gasteiger partial charge in [-0.3, -0.25) is 14.8 Å². The van der Waals surface area contributed by atoms with E-state index in [1.54, 1.807) is 4.68 Å². The standard InChI is InChI=1S/C14H17N3O2/c1-10-12(9-17(2)16-10)8-15-13(14(18)19)11-6-4-3-5-7-11/h3-7,9,13,15H,8H2,1-2H3,(H,18,19)/t13-/m0/s1. The molecule has 2 N–H and O–H groups in total. The Balaban J connectivity index is 2.10. The van der Waals surface area contributed by atoms with Crippen LogP contribution in [0.25, 0.3) is 0 Å². The van der Waals surface area contributed by atoms with Gasteiger partial charge >= 0.3 is 5.97 Å². The van der Waals surface area contributed by atoms with Gasteiger partial charge in [0.2, 0.25) is 0 Å². The van der Waals surface area contributed by atoms with Crippen molar-refractivity contribution < 1.29 is 9.90 Å². The smallest absolute Gasteiger partial charge is 0.325 e. The highest BCUT2D eigenvalue weighted by Crippen LogP contribution is 2.14. The lowest BCUT2D eigenvalue weighted by Gasteiger charge is -2.14. The number of aryl methyl sites for hydroxylation is 2. The number of benzene rings is 1. The molecule has 0 saturated heterocycles. The summed E-state index contributed by atoms with van der Waals surface area (Å²) < 4.78 is 1.73. The second kappa shape index (κ2) is 5.67. The molecule has 5 nitrogen and oxygen atoms in total. The van der Waals surface area contributed by atoms with E-state index in [4.69, 9.17) is 0 Å². The number of aliphatic carboxylic acids is 1. The fourth-order valence-electron chi connectivity index (χ4n) is 2.03. The van der Waals surface area contributed by atoms with Gasteiger partial charge in [0.25, 0.3) is 0 Å². The largest absolute Gasteiger partial charge is 0.480 e. The second-order valence-electron chi connectivity index (χ2n) is 4.48. The monoisotopic (exact) mass is 259 g/mol. The minimum Gasteiger partial charge on any atom is -0.480 e. The molecule has 0 bridgehead atoms. The van der Waals surface area contributed by atoms with Crippen LogP contribution in [-0.2, 0) is 18.4 Å². The summed E-state index contributed by atoms with van der Waals surface area (Å²) in [5.74, 6) is -0.882. The van der Waals surface area contributed by atoms with E-state index in [2.05, 4.69) is 10.4 Å². The number of carboxylic acids is 1. The molecule has 0 aliphatic heterocycles. The number of hydrogen-bond acceptors (Lipinski definition) is 3. The number of rotatable bonds is 5. The molecule has 19 heavy (non-hydrogen) atoms. The number of carboxylic acid groups (broad SMARTS) is 1. The van der Waals surface area contributed by atoms with E-state index in [0.717, 1.165) is 16.8 Å². The summed E-state index contributed by atoms with van der Waals surface area (Å²) >= 11 is 0. The van der Waals surface area contributed by atoms with Gasteiger partial charge < -0.3 is 5.11 Å². The third kappa shape index (κ3) is 3.20. The van der Waals surface area contributed by atoms with E-state index in [0.29, 0.717) is 6.54 Å². The third-order valence-corrected chi connectivity index (χ3v) is 2.99. The first-order valence-corrected chi connectivity index (χ1v) is 6.08. The first-order valence-electron chi connectivity index (χ1n) is 6.08. The molecule has 0 amide bonds. The van der Waals surface area contributed by atoms with Crippen LogP contribution in [0.2, 0.25) is 0 Å². The number of hydrogen-bond donors (Lipinski definition) is 2. The number of nitrogens with one attached hydrogen (secondary N) is 1. The molecule has 2 aromatic rings. The Kier molecular flexibility index (Phi) is 3.97. The van der Waals surface area contributed by atoms with E-state index >= 15 is 0 Å². The zero-order valence-corrected chi connectivity index (χ0v) is 11.0. The molecule has 0 saturated carbocycles. The molecule has 1 heterocycles. The maximum Gasteiger partial charge on any atom is 0.325 e. The molecule has 0 spiro atoms. The Labute approximate surface area is 111 Å². The Bertz CT molecular complexity index is 563. The quantitative estimate of drug-likeness (QED) is 0.856. The topological polar surface area (TPSA) is 67.2 Å². The molecule has 0 aliphatic carbocycles. The van der Waals surface area contributed by atoms with E-state index < -0.39 is 12.0 Å². The van der Waals surface area contributed by atoms with Crippen molar-refractivity contribution in [2.45, 2.75) is 19.5 Å².